The molecule has 1 aromatic rings. The van der Waals surface area contributed by atoms with Crippen molar-refractivity contribution >= 4 is 29.9 Å². The number of fused-ring (bicyclic) bond motifs is 3. The average Bonchev–Trinajstić information content (AvgIpc) is 2.73. The lowest BCUT2D eigenvalue weighted by Gasteiger charge is -2.47. The summed E-state index contributed by atoms with van der Waals surface area (Å²) < 4.78 is 5.24. The fraction of sp³-hybridized carbons (Fsp3) is 0.667. The van der Waals surface area contributed by atoms with Crippen molar-refractivity contribution in [2.75, 3.05) is 59.5 Å². The van der Waals surface area contributed by atoms with Crippen molar-refractivity contribution < 1.29 is 4.74 Å². The minimum absolute atomic E-state index is 0. The number of hydrogen-bond acceptors (Lipinski definition) is 4. The number of rotatable bonds is 8. The Morgan fingerprint density at radius 1 is 1.18 bits per heavy atom. The minimum Gasteiger partial charge on any atom is -0.497 e. The van der Waals surface area contributed by atoms with Crippen LogP contribution in [0, 0.1) is 0 Å². The van der Waals surface area contributed by atoms with Crippen LogP contribution in [-0.4, -0.2) is 81.3 Å². The van der Waals surface area contributed by atoms with Gasteiger partial charge < -0.3 is 15.4 Å². The summed E-state index contributed by atoms with van der Waals surface area (Å²) in [7, 11) is 1.71. The molecule has 3 aliphatic rings. The number of ether oxygens (including phenoxy) is 1. The molecule has 2 atom stereocenters. The molecule has 2 N–H and O–H groups in total. The molecule has 0 spiro atoms. The van der Waals surface area contributed by atoms with E-state index in [0.29, 0.717) is 12.0 Å². The van der Waals surface area contributed by atoms with E-state index in [0.717, 1.165) is 44.3 Å². The number of aliphatic imine (C=N–C) groups is 1. The van der Waals surface area contributed by atoms with Crippen LogP contribution in [-0.2, 0) is 0 Å². The number of nitrogens with one attached hydrogen (secondary N) is 2. The molecule has 3 fully saturated rings. The molecular weight excluding hydrogens is 465 g/mol. The summed E-state index contributed by atoms with van der Waals surface area (Å²) in [6.07, 6.45) is 1.07. The SMILES string of the molecule is CCNC(=NCC1CN2CCN1CC2)NCCC(C)c1ccc(OC)cc1.I. The molecule has 2 unspecified atom stereocenters. The zero-order valence-electron chi connectivity index (χ0n) is 17.5. The van der Waals surface area contributed by atoms with E-state index in [4.69, 9.17) is 9.73 Å². The second-order valence-electron chi connectivity index (χ2n) is 7.60. The van der Waals surface area contributed by atoms with E-state index in [1.165, 1.54) is 31.7 Å². The van der Waals surface area contributed by atoms with Gasteiger partial charge in [0.1, 0.15) is 5.75 Å². The molecule has 0 aromatic heterocycles. The summed E-state index contributed by atoms with van der Waals surface area (Å²) >= 11 is 0. The molecule has 0 amide bonds. The van der Waals surface area contributed by atoms with Gasteiger partial charge in [-0.3, -0.25) is 14.8 Å². The number of nitrogens with zero attached hydrogens (tertiary/aromatic N) is 3. The number of halogens is 1. The Bertz CT molecular complexity index is 601. The summed E-state index contributed by atoms with van der Waals surface area (Å²) in [5.74, 6) is 2.35. The Labute approximate surface area is 187 Å². The smallest absolute Gasteiger partial charge is 0.191 e. The molecule has 3 saturated heterocycles. The maximum absolute atomic E-state index is 5.24. The number of piperazine rings is 3. The van der Waals surface area contributed by atoms with Gasteiger partial charge in [-0.1, -0.05) is 19.1 Å². The molecule has 7 heteroatoms. The van der Waals surface area contributed by atoms with Crippen LogP contribution >= 0.6 is 24.0 Å². The van der Waals surface area contributed by atoms with E-state index >= 15 is 0 Å². The number of guanidine groups is 1. The van der Waals surface area contributed by atoms with Gasteiger partial charge in [0, 0.05) is 51.9 Å². The number of benzene rings is 1. The van der Waals surface area contributed by atoms with E-state index < -0.39 is 0 Å². The summed E-state index contributed by atoms with van der Waals surface area (Å²) in [5.41, 5.74) is 1.35. The van der Waals surface area contributed by atoms with Crippen molar-refractivity contribution in [1.29, 1.82) is 0 Å². The molecular formula is C21H36IN5O. The van der Waals surface area contributed by atoms with Gasteiger partial charge >= 0.3 is 0 Å². The fourth-order valence-corrected chi connectivity index (χ4v) is 3.94. The first-order valence-electron chi connectivity index (χ1n) is 10.3. The molecule has 0 radical (unpaired) electrons. The summed E-state index contributed by atoms with van der Waals surface area (Å²) in [5, 5.41) is 6.89. The maximum atomic E-state index is 5.24. The van der Waals surface area contributed by atoms with Crippen molar-refractivity contribution in [2.45, 2.75) is 32.2 Å². The Kier molecular flexibility index (Phi) is 9.81. The molecule has 3 aliphatic heterocycles. The van der Waals surface area contributed by atoms with Crippen molar-refractivity contribution in [1.82, 2.24) is 20.4 Å². The van der Waals surface area contributed by atoms with Crippen LogP contribution in [0.3, 0.4) is 0 Å². The third kappa shape index (κ3) is 6.49. The minimum atomic E-state index is 0. The van der Waals surface area contributed by atoms with Gasteiger partial charge in [0.2, 0.25) is 0 Å². The Morgan fingerprint density at radius 2 is 1.89 bits per heavy atom. The lowest BCUT2D eigenvalue weighted by atomic mass is 9.98. The highest BCUT2D eigenvalue weighted by Gasteiger charge is 2.31. The van der Waals surface area contributed by atoms with Crippen LogP contribution in [0.25, 0.3) is 0 Å². The zero-order valence-corrected chi connectivity index (χ0v) is 19.8. The predicted molar refractivity (Wildman–Crippen MR) is 127 cm³/mol. The van der Waals surface area contributed by atoms with Crippen molar-refractivity contribution in [3.8, 4) is 5.75 Å². The molecule has 6 nitrogen and oxygen atoms in total. The monoisotopic (exact) mass is 501 g/mol. The van der Waals surface area contributed by atoms with Crippen LogP contribution in [0.4, 0.5) is 0 Å². The van der Waals surface area contributed by atoms with Crippen LogP contribution < -0.4 is 15.4 Å². The predicted octanol–water partition coefficient (Wildman–Crippen LogP) is 2.36. The molecule has 158 valence electrons. The normalized spacial score (nSPS) is 25.0. The first-order chi connectivity index (χ1) is 13.2. The van der Waals surface area contributed by atoms with E-state index in [-0.39, 0.29) is 24.0 Å². The third-order valence-electron chi connectivity index (χ3n) is 5.75. The van der Waals surface area contributed by atoms with Crippen molar-refractivity contribution in [3.05, 3.63) is 29.8 Å². The highest BCUT2D eigenvalue weighted by molar-refractivity contribution is 14.0. The van der Waals surface area contributed by atoms with Gasteiger partial charge in [-0.2, -0.15) is 0 Å². The van der Waals surface area contributed by atoms with Crippen LogP contribution in [0.2, 0.25) is 0 Å². The molecule has 28 heavy (non-hydrogen) atoms. The number of hydrogen-bond donors (Lipinski definition) is 2. The van der Waals surface area contributed by atoms with Gasteiger partial charge in [-0.05, 0) is 37.0 Å². The van der Waals surface area contributed by atoms with Crippen LogP contribution in [0.1, 0.15) is 31.7 Å². The van der Waals surface area contributed by atoms with Gasteiger partial charge in [-0.15, -0.1) is 24.0 Å². The van der Waals surface area contributed by atoms with Gasteiger partial charge in [0.15, 0.2) is 5.96 Å². The summed E-state index contributed by atoms with van der Waals surface area (Å²) in [4.78, 5) is 10.0. The fourth-order valence-electron chi connectivity index (χ4n) is 3.94. The van der Waals surface area contributed by atoms with Crippen molar-refractivity contribution in [3.63, 3.8) is 0 Å². The lowest BCUT2D eigenvalue weighted by Crippen LogP contribution is -2.62. The average molecular weight is 501 g/mol. The highest BCUT2D eigenvalue weighted by Crippen LogP contribution is 2.21. The first kappa shape index (κ1) is 23.2. The van der Waals surface area contributed by atoms with Gasteiger partial charge in [0.05, 0.1) is 13.7 Å². The molecule has 0 saturated carbocycles. The molecule has 4 rings (SSSR count). The largest absolute Gasteiger partial charge is 0.497 e. The van der Waals surface area contributed by atoms with E-state index in [1.54, 1.807) is 7.11 Å². The van der Waals surface area contributed by atoms with E-state index in [9.17, 15) is 0 Å². The summed E-state index contributed by atoms with van der Waals surface area (Å²) in [6, 6.07) is 8.96. The quantitative estimate of drug-likeness (QED) is 0.326. The Balaban J connectivity index is 0.00000280. The molecule has 1 aromatic carbocycles. The van der Waals surface area contributed by atoms with Gasteiger partial charge in [0.25, 0.3) is 0 Å². The molecule has 0 aliphatic carbocycles. The second-order valence-corrected chi connectivity index (χ2v) is 7.60. The Morgan fingerprint density at radius 3 is 2.46 bits per heavy atom. The van der Waals surface area contributed by atoms with Gasteiger partial charge in [-0.25, -0.2) is 0 Å². The zero-order chi connectivity index (χ0) is 19.1. The van der Waals surface area contributed by atoms with E-state index in [1.807, 2.05) is 12.1 Å². The van der Waals surface area contributed by atoms with Crippen LogP contribution in [0.5, 0.6) is 5.75 Å². The molecule has 3 heterocycles. The highest BCUT2D eigenvalue weighted by atomic mass is 127. The lowest BCUT2D eigenvalue weighted by molar-refractivity contribution is 0.0174. The van der Waals surface area contributed by atoms with Crippen molar-refractivity contribution in [2.24, 2.45) is 4.99 Å². The first-order valence-corrected chi connectivity index (χ1v) is 10.3. The maximum Gasteiger partial charge on any atom is 0.191 e. The Hall–Kier alpha value is -1.06. The second kappa shape index (κ2) is 11.8. The van der Waals surface area contributed by atoms with E-state index in [2.05, 4.69) is 46.4 Å². The molecule has 2 bridgehead atoms. The standard InChI is InChI=1S/C21H35N5O.HI/c1-4-22-21(24-15-19-16-25-11-13-26(19)14-12-25)23-10-9-17(2)18-5-7-20(27-3)8-6-18;/h5-8,17,19H,4,9-16H2,1-3H3,(H2,22,23,24);1H. The summed E-state index contributed by atoms with van der Waals surface area (Å²) in [6.45, 7) is 13.1. The van der Waals surface area contributed by atoms with Crippen LogP contribution in [0.15, 0.2) is 29.3 Å². The third-order valence-corrected chi connectivity index (χ3v) is 5.75. The topological polar surface area (TPSA) is 52.1 Å². The number of methoxy groups -OCH3 is 1.